The van der Waals surface area contributed by atoms with Crippen LogP contribution in [0.4, 0.5) is 13.2 Å². The number of nitrogens with zero attached hydrogens (tertiary/aromatic N) is 3. The number of pyridine rings is 1. The zero-order chi connectivity index (χ0) is 22.3. The Balaban J connectivity index is 1.41. The van der Waals surface area contributed by atoms with Crippen molar-refractivity contribution < 1.29 is 22.7 Å². The molecule has 4 heterocycles. The monoisotopic (exact) mass is 442 g/mol. The molecule has 2 aliphatic heterocycles. The van der Waals surface area contributed by atoms with E-state index in [1.165, 1.54) is 6.07 Å². The third-order valence-corrected chi connectivity index (χ3v) is 5.83. The number of imidazole rings is 1. The van der Waals surface area contributed by atoms with E-state index in [4.69, 9.17) is 4.74 Å². The van der Waals surface area contributed by atoms with Crippen molar-refractivity contribution in [3.63, 3.8) is 0 Å². The number of rotatable bonds is 3. The zero-order valence-corrected chi connectivity index (χ0v) is 17.2. The van der Waals surface area contributed by atoms with Crippen molar-refractivity contribution >= 4 is 5.91 Å². The van der Waals surface area contributed by atoms with E-state index in [1.807, 2.05) is 22.8 Å². The van der Waals surface area contributed by atoms with Gasteiger partial charge in [0.05, 0.1) is 23.0 Å². The number of alkyl halides is 3. The van der Waals surface area contributed by atoms with Gasteiger partial charge in [0.2, 0.25) is 0 Å². The van der Waals surface area contributed by atoms with Crippen LogP contribution in [0.3, 0.4) is 0 Å². The molecule has 0 radical (unpaired) electrons. The number of carbonyl (C=O) groups excluding carboxylic acids is 1. The second-order valence-electron chi connectivity index (χ2n) is 8.05. The predicted molar refractivity (Wildman–Crippen MR) is 110 cm³/mol. The van der Waals surface area contributed by atoms with Gasteiger partial charge in [0.1, 0.15) is 18.2 Å². The number of ether oxygens (including phenoxy) is 1. The maximum absolute atomic E-state index is 13.2. The van der Waals surface area contributed by atoms with Gasteiger partial charge in [0.25, 0.3) is 5.91 Å². The van der Waals surface area contributed by atoms with E-state index in [9.17, 15) is 18.0 Å². The molecule has 0 saturated carbocycles. The molecule has 0 bridgehead atoms. The second-order valence-corrected chi connectivity index (χ2v) is 8.05. The lowest BCUT2D eigenvalue weighted by atomic mass is 10.00. The summed E-state index contributed by atoms with van der Waals surface area (Å²) in [5, 5.41) is 2.90. The Morgan fingerprint density at radius 1 is 1.19 bits per heavy atom. The first kappa shape index (κ1) is 20.5. The van der Waals surface area contributed by atoms with E-state index in [0.717, 1.165) is 43.8 Å². The highest BCUT2D eigenvalue weighted by Gasteiger charge is 2.33. The van der Waals surface area contributed by atoms with E-state index >= 15 is 0 Å². The molecule has 1 aromatic carbocycles. The summed E-state index contributed by atoms with van der Waals surface area (Å²) in [6.07, 6.45) is 0.278. The Kier molecular flexibility index (Phi) is 5.11. The van der Waals surface area contributed by atoms with Crippen LogP contribution in [0.15, 0.2) is 42.6 Å². The molecule has 9 heteroatoms. The summed E-state index contributed by atoms with van der Waals surface area (Å²) >= 11 is 0. The van der Waals surface area contributed by atoms with Gasteiger partial charge < -0.3 is 14.6 Å². The molecule has 1 N–H and O–H groups in total. The highest BCUT2D eigenvalue weighted by atomic mass is 19.4. The molecule has 32 heavy (non-hydrogen) atoms. The van der Waals surface area contributed by atoms with Crippen LogP contribution in [0, 0.1) is 0 Å². The Bertz CT molecular complexity index is 1160. The maximum atomic E-state index is 13.2. The number of amides is 1. The Morgan fingerprint density at radius 2 is 2.06 bits per heavy atom. The van der Waals surface area contributed by atoms with E-state index in [0.29, 0.717) is 22.7 Å². The topological polar surface area (TPSA) is 69.0 Å². The summed E-state index contributed by atoms with van der Waals surface area (Å²) in [7, 11) is 0. The molecule has 0 aliphatic carbocycles. The van der Waals surface area contributed by atoms with Gasteiger partial charge in [0, 0.05) is 19.2 Å². The molecule has 3 aromatic rings. The Labute approximate surface area is 182 Å². The minimum absolute atomic E-state index is 0.177. The summed E-state index contributed by atoms with van der Waals surface area (Å²) < 4.78 is 46.9. The van der Waals surface area contributed by atoms with Crippen LogP contribution >= 0.6 is 0 Å². The summed E-state index contributed by atoms with van der Waals surface area (Å²) in [5.74, 6) is 0.883. The third-order valence-electron chi connectivity index (χ3n) is 5.83. The molecule has 1 atom stereocenters. The number of carbonyl (C=O) groups is 1. The van der Waals surface area contributed by atoms with E-state index in [1.54, 1.807) is 6.20 Å². The van der Waals surface area contributed by atoms with E-state index < -0.39 is 17.8 Å². The predicted octanol–water partition coefficient (Wildman–Crippen LogP) is 4.03. The molecule has 6 nitrogen and oxygen atoms in total. The highest BCUT2D eigenvalue weighted by molar-refractivity contribution is 5.98. The van der Waals surface area contributed by atoms with Crippen molar-refractivity contribution in [1.29, 1.82) is 0 Å². The molecule has 0 spiro atoms. The van der Waals surface area contributed by atoms with Gasteiger partial charge in [-0.3, -0.25) is 9.78 Å². The van der Waals surface area contributed by atoms with Crippen molar-refractivity contribution in [2.24, 2.45) is 0 Å². The van der Waals surface area contributed by atoms with Gasteiger partial charge in [-0.25, -0.2) is 4.98 Å². The van der Waals surface area contributed by atoms with Crippen LogP contribution in [0.2, 0.25) is 0 Å². The van der Waals surface area contributed by atoms with E-state index in [-0.39, 0.29) is 24.6 Å². The third kappa shape index (κ3) is 3.83. The number of aryl methyl sites for hydroxylation is 1. The SMILES string of the molecule is O=C(NC1COc2ccc(C(F)(F)F)cc2C1)c1nc2n(c1-c1ccccn1)CCCC2. The lowest BCUT2D eigenvalue weighted by Crippen LogP contribution is -2.43. The maximum Gasteiger partial charge on any atom is 0.416 e. The average Bonchev–Trinajstić information content (AvgIpc) is 3.18. The molecule has 5 rings (SSSR count). The summed E-state index contributed by atoms with van der Waals surface area (Å²) in [6.45, 7) is 0.943. The molecule has 1 amide bonds. The van der Waals surface area contributed by atoms with E-state index in [2.05, 4.69) is 15.3 Å². The molecule has 1 unspecified atom stereocenters. The largest absolute Gasteiger partial charge is 0.491 e. The number of benzene rings is 1. The molecule has 0 fully saturated rings. The molecule has 2 aliphatic rings. The number of halogens is 3. The standard InChI is InChI=1S/C23H21F3N4O2/c24-23(25,26)15-7-8-18-14(11-15)12-16(13-32-18)28-22(31)20-21(17-5-1-3-9-27-17)30-10-4-2-6-19(30)29-20/h1,3,5,7-9,11,16H,2,4,6,10,12-13H2,(H,28,31). The van der Waals surface area contributed by atoms with Gasteiger partial charge in [-0.1, -0.05) is 6.07 Å². The fourth-order valence-corrected chi connectivity index (χ4v) is 4.32. The van der Waals surface area contributed by atoms with Crippen LogP contribution in [0.25, 0.3) is 11.4 Å². The number of aromatic nitrogens is 3. The molecule has 0 saturated heterocycles. The average molecular weight is 442 g/mol. The summed E-state index contributed by atoms with van der Waals surface area (Å²) in [4.78, 5) is 22.2. The molecular weight excluding hydrogens is 421 g/mol. The Hall–Kier alpha value is -3.36. The normalized spacial score (nSPS) is 17.8. The van der Waals surface area contributed by atoms with Crippen LogP contribution in [-0.2, 0) is 25.6 Å². The van der Waals surface area contributed by atoms with Gasteiger partial charge in [-0.05, 0) is 55.2 Å². The van der Waals surface area contributed by atoms with Gasteiger partial charge in [-0.2, -0.15) is 13.2 Å². The van der Waals surface area contributed by atoms with Crippen molar-refractivity contribution in [2.45, 2.75) is 44.4 Å². The number of fused-ring (bicyclic) bond motifs is 2. The molecule has 166 valence electrons. The minimum Gasteiger partial charge on any atom is -0.491 e. The molecular formula is C23H21F3N4O2. The van der Waals surface area contributed by atoms with Crippen molar-refractivity contribution in [1.82, 2.24) is 19.9 Å². The highest BCUT2D eigenvalue weighted by Crippen LogP contribution is 2.34. The zero-order valence-electron chi connectivity index (χ0n) is 17.2. The van der Waals surface area contributed by atoms with Gasteiger partial charge in [0.15, 0.2) is 5.69 Å². The quantitative estimate of drug-likeness (QED) is 0.665. The second kappa shape index (κ2) is 7.96. The first-order chi connectivity index (χ1) is 15.4. The summed E-state index contributed by atoms with van der Waals surface area (Å²) in [5.41, 5.74) is 1.32. The first-order valence-corrected chi connectivity index (χ1v) is 10.5. The number of nitrogens with one attached hydrogen (secondary N) is 1. The van der Waals surface area contributed by atoms with Gasteiger partial charge >= 0.3 is 6.18 Å². The van der Waals surface area contributed by atoms with Crippen molar-refractivity contribution in [3.8, 4) is 17.1 Å². The molecule has 2 aromatic heterocycles. The Morgan fingerprint density at radius 3 is 2.84 bits per heavy atom. The summed E-state index contributed by atoms with van der Waals surface area (Å²) in [6, 6.07) is 8.47. The lowest BCUT2D eigenvalue weighted by molar-refractivity contribution is -0.137. The van der Waals surface area contributed by atoms with Crippen LogP contribution in [-0.4, -0.2) is 33.1 Å². The van der Waals surface area contributed by atoms with Gasteiger partial charge in [-0.15, -0.1) is 0 Å². The fourth-order valence-electron chi connectivity index (χ4n) is 4.32. The first-order valence-electron chi connectivity index (χ1n) is 10.5. The number of hydrogen-bond donors (Lipinski definition) is 1. The minimum atomic E-state index is -4.43. The smallest absolute Gasteiger partial charge is 0.416 e. The van der Waals surface area contributed by atoms with Crippen molar-refractivity contribution in [2.75, 3.05) is 6.61 Å². The van der Waals surface area contributed by atoms with Crippen LogP contribution < -0.4 is 10.1 Å². The van der Waals surface area contributed by atoms with Crippen LogP contribution in [0.1, 0.15) is 40.3 Å². The van der Waals surface area contributed by atoms with Crippen LogP contribution in [0.5, 0.6) is 5.75 Å². The lowest BCUT2D eigenvalue weighted by Gasteiger charge is -2.26. The fraction of sp³-hybridized carbons (Fsp3) is 0.348. The number of hydrogen-bond acceptors (Lipinski definition) is 4. The van der Waals surface area contributed by atoms with Crippen molar-refractivity contribution in [3.05, 3.63) is 65.2 Å².